The predicted molar refractivity (Wildman–Crippen MR) is 82.0 cm³/mol. The molecule has 0 amide bonds. The van der Waals surface area contributed by atoms with Crippen LogP contribution in [0.4, 0.5) is 4.39 Å². The van der Waals surface area contributed by atoms with E-state index in [1.54, 1.807) is 13.0 Å². The summed E-state index contributed by atoms with van der Waals surface area (Å²) in [6.07, 6.45) is 1.21. The molecule has 2 heterocycles. The third-order valence-electron chi connectivity index (χ3n) is 4.31. The average Bonchev–Trinajstić information content (AvgIpc) is 2.98. The van der Waals surface area contributed by atoms with Crippen molar-refractivity contribution >= 4 is 23.3 Å². The first kappa shape index (κ1) is 13.8. The molecular weight excluding hydrogens is 273 g/mol. The Morgan fingerprint density at radius 3 is 2.95 bits per heavy atom. The van der Waals surface area contributed by atoms with Gasteiger partial charge in [0.25, 0.3) is 0 Å². The number of likely N-dealkylation sites (tertiary alicyclic amines) is 1. The van der Waals surface area contributed by atoms with Crippen molar-refractivity contribution in [2.24, 2.45) is 5.92 Å². The molecule has 1 atom stereocenters. The Bertz CT molecular complexity index is 688. The summed E-state index contributed by atoms with van der Waals surface area (Å²) in [4.78, 5) is 5.58. The first-order valence-electron chi connectivity index (χ1n) is 7.19. The molecule has 108 valence electrons. The van der Waals surface area contributed by atoms with Crippen LogP contribution in [-0.4, -0.2) is 34.1 Å². The summed E-state index contributed by atoms with van der Waals surface area (Å²) in [6, 6.07) is 3.44. The number of benzene rings is 1. The van der Waals surface area contributed by atoms with Crippen molar-refractivity contribution in [3.63, 3.8) is 0 Å². The molecule has 0 radical (unpaired) electrons. The number of fused-ring (bicyclic) bond motifs is 1. The lowest BCUT2D eigenvalue weighted by Crippen LogP contribution is -2.21. The van der Waals surface area contributed by atoms with Crippen LogP contribution in [0, 0.1) is 23.4 Å². The topological polar surface area (TPSA) is 24.0 Å². The number of hydrogen-bond donors (Lipinski definition) is 1. The van der Waals surface area contributed by atoms with Gasteiger partial charge in [0.05, 0.1) is 11.0 Å². The van der Waals surface area contributed by atoms with Crippen molar-refractivity contribution in [1.29, 1.82) is 0 Å². The van der Waals surface area contributed by atoms with E-state index in [1.807, 2.05) is 6.07 Å². The Labute approximate surface area is 123 Å². The van der Waals surface area contributed by atoms with Gasteiger partial charge in [-0.05, 0) is 62.3 Å². The van der Waals surface area contributed by atoms with E-state index in [-0.39, 0.29) is 5.82 Å². The number of aromatic amines is 1. The lowest BCUT2D eigenvalue weighted by molar-refractivity contribution is 0.333. The van der Waals surface area contributed by atoms with Crippen LogP contribution in [0.25, 0.3) is 11.0 Å². The first-order valence-corrected chi connectivity index (χ1v) is 7.60. The zero-order valence-corrected chi connectivity index (χ0v) is 12.8. The van der Waals surface area contributed by atoms with Gasteiger partial charge in [-0.1, -0.05) is 6.92 Å². The van der Waals surface area contributed by atoms with Gasteiger partial charge in [0.2, 0.25) is 0 Å². The first-order chi connectivity index (χ1) is 9.58. The Kier molecular flexibility index (Phi) is 3.65. The highest BCUT2D eigenvalue weighted by atomic mass is 32.1. The number of H-pyrrole nitrogens is 1. The van der Waals surface area contributed by atoms with E-state index < -0.39 is 0 Å². The van der Waals surface area contributed by atoms with Crippen molar-refractivity contribution in [2.75, 3.05) is 19.6 Å². The molecular formula is C15H20FN3S. The van der Waals surface area contributed by atoms with Crippen LogP contribution < -0.4 is 0 Å². The second-order valence-electron chi connectivity index (χ2n) is 5.71. The van der Waals surface area contributed by atoms with E-state index in [2.05, 4.69) is 21.4 Å². The molecule has 1 unspecified atom stereocenters. The van der Waals surface area contributed by atoms with Crippen LogP contribution >= 0.6 is 12.2 Å². The van der Waals surface area contributed by atoms with Gasteiger partial charge in [0.15, 0.2) is 4.77 Å². The summed E-state index contributed by atoms with van der Waals surface area (Å²) < 4.78 is 16.4. The van der Waals surface area contributed by atoms with E-state index in [9.17, 15) is 4.39 Å². The number of halogens is 1. The molecule has 20 heavy (non-hydrogen) atoms. The molecule has 1 aromatic carbocycles. The molecule has 0 saturated carbocycles. The number of hydrogen-bond acceptors (Lipinski definition) is 2. The molecule has 1 fully saturated rings. The molecule has 2 aromatic rings. The minimum atomic E-state index is -0.182. The molecule has 3 nitrogen and oxygen atoms in total. The van der Waals surface area contributed by atoms with Crippen LogP contribution in [0.3, 0.4) is 0 Å². The Balaban J connectivity index is 1.93. The molecule has 1 N–H and O–H groups in total. The zero-order valence-electron chi connectivity index (χ0n) is 11.9. The Morgan fingerprint density at radius 2 is 2.25 bits per heavy atom. The van der Waals surface area contributed by atoms with E-state index in [1.165, 1.54) is 13.0 Å². The van der Waals surface area contributed by atoms with Crippen molar-refractivity contribution in [3.8, 4) is 0 Å². The third kappa shape index (κ3) is 2.40. The second-order valence-corrected chi connectivity index (χ2v) is 6.09. The molecule has 0 bridgehead atoms. The lowest BCUT2D eigenvalue weighted by atomic mass is 10.1. The summed E-state index contributed by atoms with van der Waals surface area (Å²) in [6.45, 7) is 8.32. The minimum absolute atomic E-state index is 0.182. The third-order valence-corrected chi connectivity index (χ3v) is 4.63. The summed E-state index contributed by atoms with van der Waals surface area (Å²) >= 11 is 5.40. The van der Waals surface area contributed by atoms with Crippen LogP contribution in [0.5, 0.6) is 0 Å². The fourth-order valence-electron chi connectivity index (χ4n) is 3.07. The van der Waals surface area contributed by atoms with Gasteiger partial charge in [0.1, 0.15) is 5.82 Å². The summed E-state index contributed by atoms with van der Waals surface area (Å²) in [5, 5.41) is 0. The highest BCUT2D eigenvalue weighted by Crippen LogP contribution is 2.23. The van der Waals surface area contributed by atoms with Crippen LogP contribution in [0.1, 0.15) is 18.9 Å². The van der Waals surface area contributed by atoms with Crippen molar-refractivity contribution in [2.45, 2.75) is 26.8 Å². The monoisotopic (exact) mass is 293 g/mol. The molecule has 5 heteroatoms. The maximum absolute atomic E-state index is 13.6. The molecule has 0 aliphatic carbocycles. The molecule has 1 aliphatic rings. The Morgan fingerprint density at radius 1 is 1.45 bits per heavy atom. The van der Waals surface area contributed by atoms with E-state index in [4.69, 9.17) is 12.2 Å². The highest BCUT2D eigenvalue weighted by molar-refractivity contribution is 7.71. The van der Waals surface area contributed by atoms with E-state index >= 15 is 0 Å². The summed E-state index contributed by atoms with van der Waals surface area (Å²) in [7, 11) is 0. The van der Waals surface area contributed by atoms with Crippen molar-refractivity contribution in [3.05, 3.63) is 28.3 Å². The lowest BCUT2D eigenvalue weighted by Gasteiger charge is -2.14. The smallest absolute Gasteiger partial charge is 0.178 e. The molecule has 1 saturated heterocycles. The van der Waals surface area contributed by atoms with Gasteiger partial charge in [-0.3, -0.25) is 0 Å². The number of aromatic nitrogens is 2. The van der Waals surface area contributed by atoms with Crippen molar-refractivity contribution in [1.82, 2.24) is 14.5 Å². The van der Waals surface area contributed by atoms with Crippen LogP contribution in [-0.2, 0) is 6.54 Å². The SMILES string of the molecule is CCN1CCC(Cn2c(=S)[nH]c3cc(F)c(C)cc32)C1. The van der Waals surface area contributed by atoms with Gasteiger partial charge in [-0.15, -0.1) is 0 Å². The maximum atomic E-state index is 13.6. The Hall–Kier alpha value is -1.20. The van der Waals surface area contributed by atoms with Gasteiger partial charge in [0, 0.05) is 13.1 Å². The summed E-state index contributed by atoms with van der Waals surface area (Å²) in [5.41, 5.74) is 2.48. The number of aryl methyl sites for hydroxylation is 1. The molecule has 3 rings (SSSR count). The normalized spacial score (nSPS) is 20.1. The molecule has 1 aromatic heterocycles. The molecule has 1 aliphatic heterocycles. The number of rotatable bonds is 3. The predicted octanol–water partition coefficient (Wildman–Crippen LogP) is 3.49. The maximum Gasteiger partial charge on any atom is 0.178 e. The van der Waals surface area contributed by atoms with Crippen molar-refractivity contribution < 1.29 is 4.39 Å². The fraction of sp³-hybridized carbons (Fsp3) is 0.533. The highest BCUT2D eigenvalue weighted by Gasteiger charge is 2.22. The van der Waals surface area contributed by atoms with Crippen LogP contribution in [0.15, 0.2) is 12.1 Å². The van der Waals surface area contributed by atoms with Gasteiger partial charge >= 0.3 is 0 Å². The van der Waals surface area contributed by atoms with E-state index in [0.717, 1.165) is 30.7 Å². The number of nitrogens with one attached hydrogen (secondary N) is 1. The second kappa shape index (κ2) is 5.30. The van der Waals surface area contributed by atoms with Gasteiger partial charge < -0.3 is 14.5 Å². The molecule has 0 spiro atoms. The standard InChI is InChI=1S/C15H20FN3S/c1-3-18-5-4-11(8-18)9-19-14-6-10(2)12(16)7-13(14)17-15(19)20/h6-7,11H,3-5,8-9H2,1-2H3,(H,17,20). The van der Waals surface area contributed by atoms with Crippen LogP contribution in [0.2, 0.25) is 0 Å². The largest absolute Gasteiger partial charge is 0.330 e. The fourth-order valence-corrected chi connectivity index (χ4v) is 3.35. The summed E-state index contributed by atoms with van der Waals surface area (Å²) in [5.74, 6) is 0.449. The quantitative estimate of drug-likeness (QED) is 0.876. The zero-order chi connectivity index (χ0) is 14.3. The minimum Gasteiger partial charge on any atom is -0.330 e. The number of imidazole rings is 1. The van der Waals surface area contributed by atoms with E-state index in [0.29, 0.717) is 16.3 Å². The number of nitrogens with zero attached hydrogens (tertiary/aromatic N) is 2. The average molecular weight is 293 g/mol. The van der Waals surface area contributed by atoms with Gasteiger partial charge in [-0.25, -0.2) is 4.39 Å². The van der Waals surface area contributed by atoms with Gasteiger partial charge in [-0.2, -0.15) is 0 Å².